The second-order valence-electron chi connectivity index (χ2n) is 8.39. The summed E-state index contributed by atoms with van der Waals surface area (Å²) in [6, 6.07) is 23.3. The number of Topliss-reactive ketones (excluding diaryl/α,β-unsaturated/α-hetero) is 1. The molecule has 0 saturated heterocycles. The number of aliphatic hydroxyl groups is 1. The molecule has 0 fully saturated rings. The van der Waals surface area contributed by atoms with E-state index in [0.29, 0.717) is 5.56 Å². The van der Waals surface area contributed by atoms with Crippen molar-refractivity contribution in [1.82, 2.24) is 0 Å². The number of aliphatic hydroxyl groups excluding tert-OH is 1. The number of esters is 1. The van der Waals surface area contributed by atoms with Gasteiger partial charge >= 0.3 is 5.97 Å². The van der Waals surface area contributed by atoms with Gasteiger partial charge in [-0.3, -0.25) is 4.79 Å². The number of nitriles is 1. The molecule has 3 aromatic carbocycles. The zero-order valence-electron chi connectivity index (χ0n) is 18.6. The van der Waals surface area contributed by atoms with Crippen molar-refractivity contribution in [3.63, 3.8) is 0 Å². The molecule has 0 aromatic heterocycles. The topological polar surface area (TPSA) is 87.4 Å². The van der Waals surface area contributed by atoms with E-state index in [9.17, 15) is 24.3 Å². The highest BCUT2D eigenvalue weighted by atomic mass is 79.9. The standard InChI is InChI=1S/C28H21BrFNO4/c29-21-10-6-19(7-11-21)24-14-25(32)23(27(34)35-16-18-4-2-1-3-5-18)15-28(24,17-31)26(33)20-8-12-22(30)13-9-20/h1-13,24,32H,14-16H2/t24-,28-/m0/s1. The van der Waals surface area contributed by atoms with Gasteiger partial charge in [0.1, 0.15) is 23.6 Å². The van der Waals surface area contributed by atoms with Crippen LogP contribution in [0.15, 0.2) is 94.7 Å². The number of hydrogen-bond acceptors (Lipinski definition) is 5. The third kappa shape index (κ3) is 5.03. The third-order valence-electron chi connectivity index (χ3n) is 6.24. The van der Waals surface area contributed by atoms with Crippen molar-refractivity contribution in [2.24, 2.45) is 5.41 Å². The van der Waals surface area contributed by atoms with Crippen molar-refractivity contribution in [2.45, 2.75) is 25.4 Å². The molecule has 2 atom stereocenters. The maximum absolute atomic E-state index is 13.8. The predicted octanol–water partition coefficient (Wildman–Crippen LogP) is 6.41. The Bertz CT molecular complexity index is 1310. The molecule has 176 valence electrons. The molecule has 0 unspecified atom stereocenters. The third-order valence-corrected chi connectivity index (χ3v) is 6.77. The molecule has 0 saturated carbocycles. The number of allylic oxidation sites excluding steroid dienone is 1. The number of halogens is 2. The average Bonchev–Trinajstić information content (AvgIpc) is 2.88. The lowest BCUT2D eigenvalue weighted by atomic mass is 9.61. The van der Waals surface area contributed by atoms with Gasteiger partial charge in [0.05, 0.1) is 11.6 Å². The van der Waals surface area contributed by atoms with Crippen LogP contribution in [0.5, 0.6) is 0 Å². The summed E-state index contributed by atoms with van der Waals surface area (Å²) in [4.78, 5) is 26.7. The van der Waals surface area contributed by atoms with Crippen LogP contribution in [0.2, 0.25) is 0 Å². The number of rotatable bonds is 6. The van der Waals surface area contributed by atoms with Crippen LogP contribution in [-0.2, 0) is 16.1 Å². The highest BCUT2D eigenvalue weighted by Gasteiger charge is 2.52. The van der Waals surface area contributed by atoms with Crippen molar-refractivity contribution < 1.29 is 23.8 Å². The van der Waals surface area contributed by atoms with Gasteiger partial charge in [0, 0.05) is 28.8 Å². The summed E-state index contributed by atoms with van der Waals surface area (Å²) >= 11 is 3.38. The maximum atomic E-state index is 13.8. The first-order valence-electron chi connectivity index (χ1n) is 10.9. The summed E-state index contributed by atoms with van der Waals surface area (Å²) in [6.45, 7) is -0.0158. The number of ether oxygens (including phenoxy) is 1. The van der Waals surface area contributed by atoms with Gasteiger partial charge < -0.3 is 9.84 Å². The Balaban J connectivity index is 1.73. The van der Waals surface area contributed by atoms with Gasteiger partial charge in [-0.15, -0.1) is 0 Å². The van der Waals surface area contributed by atoms with Gasteiger partial charge in [0.2, 0.25) is 0 Å². The smallest absolute Gasteiger partial charge is 0.337 e. The molecular weight excluding hydrogens is 513 g/mol. The molecule has 3 aromatic rings. The fourth-order valence-electron chi connectivity index (χ4n) is 4.36. The number of carbonyl (C=O) groups is 2. The zero-order chi connectivity index (χ0) is 25.0. The SMILES string of the molecule is N#C[C@@]1(C(=O)c2ccc(F)cc2)CC(C(=O)OCc2ccccc2)=C(O)C[C@H]1c1ccc(Br)cc1. The van der Waals surface area contributed by atoms with Crippen LogP contribution in [0, 0.1) is 22.6 Å². The zero-order valence-corrected chi connectivity index (χ0v) is 20.2. The molecule has 0 spiro atoms. The molecular formula is C28H21BrFNO4. The summed E-state index contributed by atoms with van der Waals surface area (Å²) in [6.07, 6.45) is -0.433. The molecule has 1 N–H and O–H groups in total. The van der Waals surface area contributed by atoms with Crippen LogP contribution in [-0.4, -0.2) is 16.9 Å². The van der Waals surface area contributed by atoms with Crippen molar-refractivity contribution >= 4 is 27.7 Å². The van der Waals surface area contributed by atoms with Crippen molar-refractivity contribution in [3.05, 3.63) is 117 Å². The van der Waals surface area contributed by atoms with Gasteiger partial charge in [0.15, 0.2) is 5.78 Å². The molecule has 0 amide bonds. The van der Waals surface area contributed by atoms with Gasteiger partial charge in [-0.2, -0.15) is 5.26 Å². The highest BCUT2D eigenvalue weighted by Crippen LogP contribution is 2.51. The van der Waals surface area contributed by atoms with E-state index in [0.717, 1.165) is 22.2 Å². The van der Waals surface area contributed by atoms with Crippen LogP contribution >= 0.6 is 15.9 Å². The molecule has 7 heteroatoms. The molecule has 35 heavy (non-hydrogen) atoms. The van der Waals surface area contributed by atoms with E-state index in [2.05, 4.69) is 22.0 Å². The van der Waals surface area contributed by atoms with Gasteiger partial charge in [-0.05, 0) is 47.5 Å². The molecule has 0 bridgehead atoms. The van der Waals surface area contributed by atoms with Crippen LogP contribution in [0.25, 0.3) is 0 Å². The number of ketones is 1. The normalized spacial score (nSPS) is 19.6. The van der Waals surface area contributed by atoms with Crippen molar-refractivity contribution in [1.29, 1.82) is 5.26 Å². The van der Waals surface area contributed by atoms with E-state index in [1.54, 1.807) is 36.4 Å². The molecule has 5 nitrogen and oxygen atoms in total. The molecule has 1 aliphatic rings. The van der Waals surface area contributed by atoms with E-state index in [4.69, 9.17) is 4.74 Å². The Morgan fingerprint density at radius 1 is 1.06 bits per heavy atom. The minimum Gasteiger partial charge on any atom is -0.512 e. The molecule has 1 aliphatic carbocycles. The molecule has 0 radical (unpaired) electrons. The Hall–Kier alpha value is -3.76. The Morgan fingerprint density at radius 2 is 1.71 bits per heavy atom. The monoisotopic (exact) mass is 533 g/mol. The van der Waals surface area contributed by atoms with E-state index >= 15 is 0 Å². The highest BCUT2D eigenvalue weighted by molar-refractivity contribution is 9.10. The fraction of sp³-hybridized carbons (Fsp3) is 0.179. The molecule has 4 rings (SSSR count). The van der Waals surface area contributed by atoms with Gasteiger partial charge in [-0.1, -0.05) is 58.4 Å². The second kappa shape index (κ2) is 10.2. The average molecular weight is 534 g/mol. The number of hydrogen-bond donors (Lipinski definition) is 1. The summed E-state index contributed by atoms with van der Waals surface area (Å²) < 4.78 is 19.7. The van der Waals surface area contributed by atoms with E-state index in [1.807, 2.05) is 18.2 Å². The van der Waals surface area contributed by atoms with Gasteiger partial charge in [0.25, 0.3) is 0 Å². The maximum Gasteiger partial charge on any atom is 0.337 e. The first-order chi connectivity index (χ1) is 16.8. The Morgan fingerprint density at radius 3 is 2.34 bits per heavy atom. The number of carbonyl (C=O) groups excluding carboxylic acids is 2. The quantitative estimate of drug-likeness (QED) is 0.292. The van der Waals surface area contributed by atoms with Crippen molar-refractivity contribution in [3.8, 4) is 6.07 Å². The Kier molecular flexibility index (Phi) is 7.13. The van der Waals surface area contributed by atoms with E-state index < -0.39 is 28.9 Å². The lowest BCUT2D eigenvalue weighted by Gasteiger charge is -2.38. The summed E-state index contributed by atoms with van der Waals surface area (Å²) in [5, 5.41) is 21.2. The van der Waals surface area contributed by atoms with Crippen LogP contribution < -0.4 is 0 Å². The number of benzene rings is 3. The fourth-order valence-corrected chi connectivity index (χ4v) is 4.62. The van der Waals surface area contributed by atoms with E-state index in [1.165, 1.54) is 12.1 Å². The van der Waals surface area contributed by atoms with E-state index in [-0.39, 0.29) is 36.3 Å². The second-order valence-corrected chi connectivity index (χ2v) is 9.31. The minimum atomic E-state index is -1.71. The van der Waals surface area contributed by atoms with Crippen LogP contribution in [0.4, 0.5) is 4.39 Å². The van der Waals surface area contributed by atoms with Crippen molar-refractivity contribution in [2.75, 3.05) is 0 Å². The summed E-state index contributed by atoms with van der Waals surface area (Å²) in [5.41, 5.74) is -0.245. The Labute approximate surface area is 210 Å². The summed E-state index contributed by atoms with van der Waals surface area (Å²) in [7, 11) is 0. The predicted molar refractivity (Wildman–Crippen MR) is 131 cm³/mol. The van der Waals surface area contributed by atoms with Gasteiger partial charge in [-0.25, -0.2) is 9.18 Å². The summed E-state index contributed by atoms with van der Waals surface area (Å²) in [5.74, 6) is -2.79. The molecule has 0 heterocycles. The number of nitrogens with zero attached hydrogens (tertiary/aromatic N) is 1. The first kappa shape index (κ1) is 24.4. The largest absolute Gasteiger partial charge is 0.512 e. The van der Waals surface area contributed by atoms with Crippen LogP contribution in [0.3, 0.4) is 0 Å². The molecule has 0 aliphatic heterocycles. The lowest BCUT2D eigenvalue weighted by molar-refractivity contribution is -0.141. The first-order valence-corrected chi connectivity index (χ1v) is 11.7. The minimum absolute atomic E-state index is 0.0158. The van der Waals surface area contributed by atoms with Crippen LogP contribution in [0.1, 0.15) is 40.2 Å². The lowest BCUT2D eigenvalue weighted by Crippen LogP contribution is -2.41.